The van der Waals surface area contributed by atoms with Gasteiger partial charge in [0.2, 0.25) is 11.7 Å². The van der Waals surface area contributed by atoms with Gasteiger partial charge in [0, 0.05) is 18.3 Å². The zero-order chi connectivity index (χ0) is 12.1. The minimum atomic E-state index is 0.219. The number of rotatable bonds is 5. The van der Waals surface area contributed by atoms with Gasteiger partial charge in [-0.2, -0.15) is 4.98 Å². The number of nitrogens with zero attached hydrogens (tertiary/aromatic N) is 4. The second kappa shape index (κ2) is 5.49. The Labute approximate surface area is 99.3 Å². The largest absolute Gasteiger partial charge is 0.339 e. The summed E-state index contributed by atoms with van der Waals surface area (Å²) in [7, 11) is 0. The summed E-state index contributed by atoms with van der Waals surface area (Å²) in [6.45, 7) is 2.72. The van der Waals surface area contributed by atoms with Crippen LogP contribution in [0.2, 0.25) is 0 Å². The molecule has 0 aromatic carbocycles. The van der Waals surface area contributed by atoms with Gasteiger partial charge < -0.3 is 10.3 Å². The predicted octanol–water partition coefficient (Wildman–Crippen LogP) is 1.37. The molecule has 1 atom stereocenters. The Morgan fingerprint density at radius 1 is 1.41 bits per heavy atom. The Bertz CT molecular complexity index is 456. The van der Waals surface area contributed by atoms with Crippen LogP contribution >= 0.6 is 0 Å². The average Bonchev–Trinajstić information content (AvgIpc) is 2.86. The third-order valence-corrected chi connectivity index (χ3v) is 2.50. The van der Waals surface area contributed by atoms with Crippen LogP contribution < -0.4 is 5.73 Å². The van der Waals surface area contributed by atoms with Crippen LogP contribution in [0.15, 0.2) is 23.1 Å². The predicted molar refractivity (Wildman–Crippen MR) is 62.0 cm³/mol. The molecule has 6 heteroatoms. The zero-order valence-corrected chi connectivity index (χ0v) is 9.71. The van der Waals surface area contributed by atoms with Crippen molar-refractivity contribution in [2.75, 3.05) is 6.54 Å². The molecule has 0 fully saturated rings. The highest BCUT2D eigenvalue weighted by Crippen LogP contribution is 2.20. The van der Waals surface area contributed by atoms with Crippen LogP contribution in [0.3, 0.4) is 0 Å². The van der Waals surface area contributed by atoms with Crippen molar-refractivity contribution >= 4 is 0 Å². The minimum absolute atomic E-state index is 0.219. The van der Waals surface area contributed by atoms with E-state index in [0.717, 1.165) is 12.8 Å². The summed E-state index contributed by atoms with van der Waals surface area (Å²) in [5.74, 6) is 1.32. The van der Waals surface area contributed by atoms with Gasteiger partial charge in [-0.1, -0.05) is 12.1 Å². The van der Waals surface area contributed by atoms with E-state index >= 15 is 0 Å². The van der Waals surface area contributed by atoms with Gasteiger partial charge >= 0.3 is 0 Å². The number of hydrogen-bond acceptors (Lipinski definition) is 6. The summed E-state index contributed by atoms with van der Waals surface area (Å²) in [5.41, 5.74) is 6.09. The first-order valence-electron chi connectivity index (χ1n) is 5.61. The molecular weight excluding hydrogens is 218 g/mol. The molecule has 0 saturated carbocycles. The van der Waals surface area contributed by atoms with E-state index in [-0.39, 0.29) is 5.92 Å². The van der Waals surface area contributed by atoms with Gasteiger partial charge in [0.25, 0.3) is 0 Å². The normalized spacial score (nSPS) is 12.6. The molecule has 90 valence electrons. The van der Waals surface area contributed by atoms with Gasteiger partial charge in [0.15, 0.2) is 0 Å². The first-order valence-corrected chi connectivity index (χ1v) is 5.61. The fourth-order valence-electron chi connectivity index (χ4n) is 1.50. The third kappa shape index (κ3) is 2.85. The molecule has 0 aliphatic rings. The first-order chi connectivity index (χ1) is 8.31. The topological polar surface area (TPSA) is 90.7 Å². The molecule has 2 heterocycles. The molecule has 0 aliphatic heterocycles. The molecule has 1 unspecified atom stereocenters. The molecule has 0 aliphatic carbocycles. The Morgan fingerprint density at radius 3 is 3.00 bits per heavy atom. The molecule has 6 nitrogen and oxygen atoms in total. The highest BCUT2D eigenvalue weighted by molar-refractivity contribution is 5.45. The molecule has 0 amide bonds. The van der Waals surface area contributed by atoms with E-state index < -0.39 is 0 Å². The van der Waals surface area contributed by atoms with Gasteiger partial charge in [-0.3, -0.25) is 4.98 Å². The number of nitrogens with two attached hydrogens (primary N) is 1. The lowest BCUT2D eigenvalue weighted by Crippen LogP contribution is -2.02. The quantitative estimate of drug-likeness (QED) is 0.838. The van der Waals surface area contributed by atoms with Gasteiger partial charge in [-0.05, 0) is 19.4 Å². The fraction of sp³-hybridized carbons (Fsp3) is 0.455. The summed E-state index contributed by atoms with van der Waals surface area (Å²) in [5, 5.41) is 3.90. The molecule has 0 saturated heterocycles. The number of aromatic nitrogens is 4. The summed E-state index contributed by atoms with van der Waals surface area (Å²) in [6.07, 6.45) is 6.71. The molecule has 0 spiro atoms. The van der Waals surface area contributed by atoms with E-state index in [0.29, 0.717) is 24.0 Å². The van der Waals surface area contributed by atoms with Crippen molar-refractivity contribution < 1.29 is 4.52 Å². The van der Waals surface area contributed by atoms with E-state index in [9.17, 15) is 0 Å². The lowest BCUT2D eigenvalue weighted by molar-refractivity contribution is 0.352. The standard InChI is InChI=1S/C11H15N5O/c1-8(3-2-4-12)11-15-10(16-17-11)9-7-13-5-6-14-9/h5-8H,2-4,12H2,1H3. The van der Waals surface area contributed by atoms with E-state index in [2.05, 4.69) is 20.1 Å². The van der Waals surface area contributed by atoms with Crippen molar-refractivity contribution in [3.8, 4) is 11.5 Å². The van der Waals surface area contributed by atoms with Crippen LogP contribution in [0.5, 0.6) is 0 Å². The van der Waals surface area contributed by atoms with Crippen LogP contribution in [0, 0.1) is 0 Å². The SMILES string of the molecule is CC(CCCN)c1nc(-c2cnccn2)no1. The molecular formula is C11H15N5O. The van der Waals surface area contributed by atoms with Crippen molar-refractivity contribution in [1.82, 2.24) is 20.1 Å². The van der Waals surface area contributed by atoms with E-state index in [1.807, 2.05) is 6.92 Å². The summed E-state index contributed by atoms with van der Waals surface area (Å²) in [6, 6.07) is 0. The van der Waals surface area contributed by atoms with Crippen molar-refractivity contribution in [3.63, 3.8) is 0 Å². The Morgan fingerprint density at radius 2 is 2.29 bits per heavy atom. The molecule has 2 rings (SSSR count). The maximum absolute atomic E-state index is 5.47. The van der Waals surface area contributed by atoms with Gasteiger partial charge in [0.1, 0.15) is 5.69 Å². The molecule has 2 aromatic heterocycles. The highest BCUT2D eigenvalue weighted by atomic mass is 16.5. The molecule has 0 bridgehead atoms. The van der Waals surface area contributed by atoms with Crippen LogP contribution in [0.1, 0.15) is 31.6 Å². The molecule has 2 aromatic rings. The van der Waals surface area contributed by atoms with Gasteiger partial charge in [-0.25, -0.2) is 4.98 Å². The van der Waals surface area contributed by atoms with Crippen LogP contribution in [-0.4, -0.2) is 26.7 Å². The van der Waals surface area contributed by atoms with Crippen molar-refractivity contribution in [2.45, 2.75) is 25.7 Å². The summed E-state index contributed by atoms with van der Waals surface area (Å²) in [4.78, 5) is 12.4. The zero-order valence-electron chi connectivity index (χ0n) is 9.71. The Balaban J connectivity index is 2.11. The molecule has 0 radical (unpaired) electrons. The molecule has 2 N–H and O–H groups in total. The molecule has 17 heavy (non-hydrogen) atoms. The van der Waals surface area contributed by atoms with Crippen molar-refractivity contribution in [1.29, 1.82) is 0 Å². The lowest BCUT2D eigenvalue weighted by Gasteiger charge is -2.03. The van der Waals surface area contributed by atoms with Crippen LogP contribution in [-0.2, 0) is 0 Å². The highest BCUT2D eigenvalue weighted by Gasteiger charge is 2.15. The van der Waals surface area contributed by atoms with E-state index in [4.69, 9.17) is 10.3 Å². The van der Waals surface area contributed by atoms with E-state index in [1.165, 1.54) is 0 Å². The monoisotopic (exact) mass is 233 g/mol. The summed E-state index contributed by atoms with van der Waals surface area (Å²) < 4.78 is 5.21. The maximum atomic E-state index is 5.47. The Kier molecular flexibility index (Phi) is 3.77. The van der Waals surface area contributed by atoms with Crippen LogP contribution in [0.4, 0.5) is 0 Å². The number of hydrogen-bond donors (Lipinski definition) is 1. The second-order valence-corrected chi connectivity index (χ2v) is 3.88. The van der Waals surface area contributed by atoms with E-state index in [1.54, 1.807) is 18.6 Å². The first kappa shape index (κ1) is 11.7. The third-order valence-electron chi connectivity index (χ3n) is 2.50. The van der Waals surface area contributed by atoms with Crippen molar-refractivity contribution in [3.05, 3.63) is 24.5 Å². The summed E-state index contributed by atoms with van der Waals surface area (Å²) >= 11 is 0. The van der Waals surface area contributed by atoms with Gasteiger partial charge in [-0.15, -0.1) is 0 Å². The van der Waals surface area contributed by atoms with Gasteiger partial charge in [0.05, 0.1) is 6.20 Å². The fourth-order valence-corrected chi connectivity index (χ4v) is 1.50. The maximum Gasteiger partial charge on any atom is 0.229 e. The van der Waals surface area contributed by atoms with Crippen molar-refractivity contribution in [2.24, 2.45) is 5.73 Å². The minimum Gasteiger partial charge on any atom is -0.339 e. The second-order valence-electron chi connectivity index (χ2n) is 3.88. The smallest absolute Gasteiger partial charge is 0.229 e. The lowest BCUT2D eigenvalue weighted by atomic mass is 10.1. The van der Waals surface area contributed by atoms with Crippen LogP contribution in [0.25, 0.3) is 11.5 Å². The average molecular weight is 233 g/mol. The Hall–Kier alpha value is -1.82.